The lowest BCUT2D eigenvalue weighted by Crippen LogP contribution is -2.06. The standard InChI is InChI=1S/C14H22N4/c1-4-11(2)6-5-8-15-13-7-9-18-14(17-13)12(3)10-16-18/h7,9-11H,4-6,8H2,1-3H3,(H,15,17). The van der Waals surface area contributed by atoms with Crippen LogP contribution in [0, 0.1) is 12.8 Å². The van der Waals surface area contributed by atoms with Crippen LogP contribution in [-0.4, -0.2) is 21.1 Å². The monoisotopic (exact) mass is 246 g/mol. The molecule has 0 spiro atoms. The molecule has 0 amide bonds. The number of rotatable bonds is 6. The highest BCUT2D eigenvalue weighted by molar-refractivity contribution is 5.50. The molecule has 2 aromatic rings. The molecule has 1 atom stereocenters. The van der Waals surface area contributed by atoms with E-state index in [2.05, 4.69) is 29.2 Å². The number of aromatic nitrogens is 3. The summed E-state index contributed by atoms with van der Waals surface area (Å²) in [6.07, 6.45) is 7.53. The maximum absolute atomic E-state index is 4.56. The van der Waals surface area contributed by atoms with Crippen LogP contribution in [0.3, 0.4) is 0 Å². The van der Waals surface area contributed by atoms with Gasteiger partial charge in [0, 0.05) is 18.3 Å². The third-order valence-corrected chi connectivity index (χ3v) is 3.42. The fraction of sp³-hybridized carbons (Fsp3) is 0.571. The minimum absolute atomic E-state index is 0.819. The van der Waals surface area contributed by atoms with E-state index in [0.29, 0.717) is 0 Å². The van der Waals surface area contributed by atoms with E-state index in [0.717, 1.165) is 29.5 Å². The van der Waals surface area contributed by atoms with E-state index in [1.807, 2.05) is 25.4 Å². The molecule has 2 aromatic heterocycles. The van der Waals surface area contributed by atoms with Crippen molar-refractivity contribution in [2.45, 2.75) is 40.0 Å². The topological polar surface area (TPSA) is 42.2 Å². The summed E-state index contributed by atoms with van der Waals surface area (Å²) in [7, 11) is 0. The first-order chi connectivity index (χ1) is 8.70. The summed E-state index contributed by atoms with van der Waals surface area (Å²) < 4.78 is 1.81. The molecule has 4 nitrogen and oxygen atoms in total. The van der Waals surface area contributed by atoms with Gasteiger partial charge in [-0.2, -0.15) is 5.10 Å². The van der Waals surface area contributed by atoms with Crippen molar-refractivity contribution in [1.29, 1.82) is 0 Å². The van der Waals surface area contributed by atoms with E-state index in [1.165, 1.54) is 19.3 Å². The molecule has 18 heavy (non-hydrogen) atoms. The van der Waals surface area contributed by atoms with E-state index in [9.17, 15) is 0 Å². The van der Waals surface area contributed by atoms with E-state index >= 15 is 0 Å². The van der Waals surface area contributed by atoms with Crippen molar-refractivity contribution < 1.29 is 0 Å². The Hall–Kier alpha value is -1.58. The quantitative estimate of drug-likeness (QED) is 0.795. The highest BCUT2D eigenvalue weighted by Crippen LogP contribution is 2.12. The molecule has 1 N–H and O–H groups in total. The van der Waals surface area contributed by atoms with E-state index in [-0.39, 0.29) is 0 Å². The second kappa shape index (κ2) is 5.85. The Labute approximate surface area is 108 Å². The summed E-state index contributed by atoms with van der Waals surface area (Å²) in [5.41, 5.74) is 2.04. The molecule has 0 bridgehead atoms. The number of nitrogens with one attached hydrogen (secondary N) is 1. The van der Waals surface area contributed by atoms with Crippen LogP contribution < -0.4 is 5.32 Å². The fourth-order valence-electron chi connectivity index (χ4n) is 1.95. The van der Waals surface area contributed by atoms with E-state index in [1.54, 1.807) is 4.52 Å². The number of aryl methyl sites for hydroxylation is 1. The first-order valence-corrected chi connectivity index (χ1v) is 6.75. The van der Waals surface area contributed by atoms with Crippen molar-refractivity contribution in [1.82, 2.24) is 14.6 Å². The molecule has 2 heterocycles. The molecule has 0 aliphatic carbocycles. The first-order valence-electron chi connectivity index (χ1n) is 6.75. The second-order valence-electron chi connectivity index (χ2n) is 4.99. The summed E-state index contributed by atoms with van der Waals surface area (Å²) in [4.78, 5) is 4.56. The average Bonchev–Trinajstić information content (AvgIpc) is 2.76. The lowest BCUT2D eigenvalue weighted by Gasteiger charge is -2.09. The zero-order chi connectivity index (χ0) is 13.0. The Bertz CT molecular complexity index is 503. The first kappa shape index (κ1) is 12.9. The highest BCUT2D eigenvalue weighted by atomic mass is 15.2. The smallest absolute Gasteiger partial charge is 0.160 e. The average molecular weight is 246 g/mol. The summed E-state index contributed by atoms with van der Waals surface area (Å²) in [5, 5.41) is 7.60. The molecule has 4 heteroatoms. The van der Waals surface area contributed by atoms with Gasteiger partial charge in [-0.25, -0.2) is 9.50 Å². The van der Waals surface area contributed by atoms with Gasteiger partial charge in [-0.15, -0.1) is 0 Å². The summed E-state index contributed by atoms with van der Waals surface area (Å²) in [6, 6.07) is 1.97. The zero-order valence-corrected chi connectivity index (χ0v) is 11.5. The minimum Gasteiger partial charge on any atom is -0.370 e. The maximum Gasteiger partial charge on any atom is 0.160 e. The van der Waals surface area contributed by atoms with Crippen molar-refractivity contribution in [3.05, 3.63) is 24.0 Å². The number of hydrogen-bond acceptors (Lipinski definition) is 3. The van der Waals surface area contributed by atoms with Gasteiger partial charge in [0.1, 0.15) is 5.82 Å². The van der Waals surface area contributed by atoms with Crippen LogP contribution in [0.4, 0.5) is 5.82 Å². The Morgan fingerprint density at radius 3 is 3.06 bits per heavy atom. The van der Waals surface area contributed by atoms with Crippen molar-refractivity contribution in [2.24, 2.45) is 5.92 Å². The molecule has 0 aromatic carbocycles. The summed E-state index contributed by atoms with van der Waals surface area (Å²) in [6.45, 7) is 7.57. The summed E-state index contributed by atoms with van der Waals surface area (Å²) >= 11 is 0. The third-order valence-electron chi connectivity index (χ3n) is 3.42. The van der Waals surface area contributed by atoms with Crippen molar-refractivity contribution >= 4 is 11.5 Å². The minimum atomic E-state index is 0.819. The highest BCUT2D eigenvalue weighted by Gasteiger charge is 2.02. The molecule has 0 saturated carbocycles. The van der Waals surface area contributed by atoms with Gasteiger partial charge in [-0.05, 0) is 31.7 Å². The third kappa shape index (κ3) is 3.00. The Morgan fingerprint density at radius 1 is 1.44 bits per heavy atom. The Balaban J connectivity index is 1.89. The zero-order valence-electron chi connectivity index (χ0n) is 11.5. The fourth-order valence-corrected chi connectivity index (χ4v) is 1.95. The molecule has 0 aliphatic heterocycles. The molecular formula is C14H22N4. The second-order valence-corrected chi connectivity index (χ2v) is 4.99. The number of anilines is 1. The van der Waals surface area contributed by atoms with Crippen LogP contribution in [0.25, 0.3) is 5.65 Å². The molecule has 1 unspecified atom stereocenters. The molecule has 2 rings (SSSR count). The molecule has 0 aliphatic rings. The van der Waals surface area contributed by atoms with Gasteiger partial charge in [0.15, 0.2) is 5.65 Å². The Kier molecular flexibility index (Phi) is 4.18. The number of fused-ring (bicyclic) bond motifs is 1. The van der Waals surface area contributed by atoms with Gasteiger partial charge < -0.3 is 5.32 Å². The number of hydrogen-bond donors (Lipinski definition) is 1. The van der Waals surface area contributed by atoms with Gasteiger partial charge in [0.2, 0.25) is 0 Å². The van der Waals surface area contributed by atoms with E-state index < -0.39 is 0 Å². The van der Waals surface area contributed by atoms with Crippen LogP contribution in [0.1, 0.15) is 38.7 Å². The van der Waals surface area contributed by atoms with Gasteiger partial charge in [-0.3, -0.25) is 0 Å². The van der Waals surface area contributed by atoms with E-state index in [4.69, 9.17) is 0 Å². The van der Waals surface area contributed by atoms with Gasteiger partial charge in [0.25, 0.3) is 0 Å². The number of nitrogens with zero attached hydrogens (tertiary/aromatic N) is 3. The normalized spacial score (nSPS) is 12.8. The molecule has 0 radical (unpaired) electrons. The Morgan fingerprint density at radius 2 is 2.28 bits per heavy atom. The predicted molar refractivity (Wildman–Crippen MR) is 74.9 cm³/mol. The van der Waals surface area contributed by atoms with Crippen LogP contribution in [0.15, 0.2) is 18.5 Å². The molecule has 98 valence electrons. The largest absolute Gasteiger partial charge is 0.370 e. The van der Waals surface area contributed by atoms with Crippen LogP contribution in [0.5, 0.6) is 0 Å². The van der Waals surface area contributed by atoms with Crippen molar-refractivity contribution in [3.63, 3.8) is 0 Å². The van der Waals surface area contributed by atoms with Gasteiger partial charge >= 0.3 is 0 Å². The van der Waals surface area contributed by atoms with Crippen LogP contribution in [-0.2, 0) is 0 Å². The summed E-state index contributed by atoms with van der Waals surface area (Å²) in [5.74, 6) is 1.76. The van der Waals surface area contributed by atoms with Crippen molar-refractivity contribution in [3.8, 4) is 0 Å². The van der Waals surface area contributed by atoms with Crippen molar-refractivity contribution in [2.75, 3.05) is 11.9 Å². The van der Waals surface area contributed by atoms with Crippen LogP contribution in [0.2, 0.25) is 0 Å². The van der Waals surface area contributed by atoms with Gasteiger partial charge in [-0.1, -0.05) is 20.3 Å². The SMILES string of the molecule is CCC(C)CCCNc1ccn2ncc(C)c2n1. The lowest BCUT2D eigenvalue weighted by atomic mass is 10.0. The molecular weight excluding hydrogens is 224 g/mol. The predicted octanol–water partition coefficient (Wildman–Crippen LogP) is 3.28. The molecule has 0 saturated heterocycles. The maximum atomic E-state index is 4.56. The lowest BCUT2D eigenvalue weighted by molar-refractivity contribution is 0.503. The van der Waals surface area contributed by atoms with Crippen LogP contribution >= 0.6 is 0 Å². The van der Waals surface area contributed by atoms with Gasteiger partial charge in [0.05, 0.1) is 6.20 Å². The molecule has 0 fully saturated rings.